The molecule has 0 aliphatic heterocycles. The van der Waals surface area contributed by atoms with E-state index in [0.717, 1.165) is 32.7 Å². The first-order chi connectivity index (χ1) is 8.56. The molecule has 0 aliphatic carbocycles. The van der Waals surface area contributed by atoms with Gasteiger partial charge in [-0.15, -0.1) is 0 Å². The van der Waals surface area contributed by atoms with E-state index in [4.69, 9.17) is 0 Å². The Kier molecular flexibility index (Phi) is 3.07. The van der Waals surface area contributed by atoms with Crippen LogP contribution in [0.2, 0.25) is 0 Å². The highest BCUT2D eigenvalue weighted by Gasteiger charge is 2.06. The van der Waals surface area contributed by atoms with Crippen molar-refractivity contribution in [1.82, 2.24) is 4.57 Å². The third-order valence-corrected chi connectivity index (χ3v) is 2.93. The molecule has 0 bridgehead atoms. The summed E-state index contributed by atoms with van der Waals surface area (Å²) in [5.74, 6) is 0. The lowest BCUT2D eigenvalue weighted by atomic mass is 10.2. The van der Waals surface area contributed by atoms with Crippen molar-refractivity contribution in [3.8, 4) is 0 Å². The number of nitrogens with zero attached hydrogens (tertiary/aromatic N) is 1. The van der Waals surface area contributed by atoms with Gasteiger partial charge in [0, 0.05) is 21.7 Å². The summed E-state index contributed by atoms with van der Waals surface area (Å²) >= 11 is 0. The first-order valence-electron chi connectivity index (χ1n) is 5.83. The molecule has 1 heterocycles. The second-order valence-corrected chi connectivity index (χ2v) is 4.40. The standard InChI is InChI=1S/C17H17N/c1-6-13(4)18-14(5)16(11-12(2)3)15-9-7-8-10-17(15)18/h6-11H,1-2,4-5H2,3H3/b16-11+. The number of rotatable bonds is 3. The number of aromatic nitrogens is 1. The fraction of sp³-hybridized carbons (Fsp3) is 0.0588. The van der Waals surface area contributed by atoms with Crippen molar-refractivity contribution in [2.24, 2.45) is 0 Å². The van der Waals surface area contributed by atoms with E-state index in [9.17, 15) is 0 Å². The second-order valence-electron chi connectivity index (χ2n) is 4.40. The Bertz CT molecular complexity index is 757. The minimum Gasteiger partial charge on any atom is -0.310 e. The number of benzene rings is 1. The van der Waals surface area contributed by atoms with Gasteiger partial charge in [0.1, 0.15) is 0 Å². The Labute approximate surface area is 107 Å². The second kappa shape index (κ2) is 4.53. The largest absolute Gasteiger partial charge is 0.310 e. The van der Waals surface area contributed by atoms with Crippen molar-refractivity contribution >= 4 is 29.3 Å². The summed E-state index contributed by atoms with van der Waals surface area (Å²) in [6.07, 6.45) is 3.79. The first kappa shape index (κ1) is 12.2. The molecule has 1 aromatic heterocycles. The van der Waals surface area contributed by atoms with Crippen LogP contribution in [0.25, 0.3) is 29.3 Å². The molecule has 0 saturated heterocycles. The van der Waals surface area contributed by atoms with Gasteiger partial charge in [0.25, 0.3) is 0 Å². The van der Waals surface area contributed by atoms with E-state index in [0.29, 0.717) is 0 Å². The Hall–Kier alpha value is -2.28. The summed E-state index contributed by atoms with van der Waals surface area (Å²) in [5.41, 5.74) is 2.93. The fourth-order valence-electron chi connectivity index (χ4n) is 2.14. The Morgan fingerprint density at radius 3 is 2.50 bits per heavy atom. The molecule has 0 fully saturated rings. The van der Waals surface area contributed by atoms with Gasteiger partial charge >= 0.3 is 0 Å². The highest BCUT2D eigenvalue weighted by molar-refractivity contribution is 5.86. The molecule has 2 aromatic rings. The minimum absolute atomic E-state index is 0.831. The predicted molar refractivity (Wildman–Crippen MR) is 81.5 cm³/mol. The van der Waals surface area contributed by atoms with Crippen LogP contribution in [-0.2, 0) is 0 Å². The van der Waals surface area contributed by atoms with Gasteiger partial charge in [-0.3, -0.25) is 0 Å². The topological polar surface area (TPSA) is 4.93 Å². The fourth-order valence-corrected chi connectivity index (χ4v) is 2.14. The van der Waals surface area contributed by atoms with Crippen LogP contribution in [0.1, 0.15) is 6.92 Å². The van der Waals surface area contributed by atoms with Crippen LogP contribution in [0.5, 0.6) is 0 Å². The van der Waals surface area contributed by atoms with Crippen molar-refractivity contribution < 1.29 is 0 Å². The molecule has 1 aromatic carbocycles. The summed E-state index contributed by atoms with van der Waals surface area (Å²) < 4.78 is 2.02. The Morgan fingerprint density at radius 1 is 1.22 bits per heavy atom. The van der Waals surface area contributed by atoms with Gasteiger partial charge in [-0.25, -0.2) is 0 Å². The molecular weight excluding hydrogens is 218 g/mol. The lowest BCUT2D eigenvalue weighted by Crippen LogP contribution is -2.26. The van der Waals surface area contributed by atoms with Crippen molar-refractivity contribution in [3.05, 3.63) is 66.2 Å². The number of fused-ring (bicyclic) bond motifs is 1. The normalized spacial score (nSPS) is 11.7. The highest BCUT2D eigenvalue weighted by Crippen LogP contribution is 2.12. The molecule has 0 N–H and O–H groups in total. The third kappa shape index (κ3) is 1.84. The summed E-state index contributed by atoms with van der Waals surface area (Å²) in [6, 6.07) is 8.19. The maximum absolute atomic E-state index is 4.16. The van der Waals surface area contributed by atoms with Crippen LogP contribution in [-0.4, -0.2) is 4.57 Å². The van der Waals surface area contributed by atoms with Crippen LogP contribution < -0.4 is 10.6 Å². The van der Waals surface area contributed by atoms with E-state index in [1.807, 2.05) is 23.6 Å². The lowest BCUT2D eigenvalue weighted by molar-refractivity contribution is 1.12. The maximum Gasteiger partial charge on any atom is 0.0540 e. The molecule has 0 aliphatic rings. The van der Waals surface area contributed by atoms with Crippen molar-refractivity contribution in [2.75, 3.05) is 0 Å². The summed E-state index contributed by atoms with van der Waals surface area (Å²) in [6.45, 7) is 17.9. The molecule has 0 atom stereocenters. The van der Waals surface area contributed by atoms with E-state index < -0.39 is 0 Å². The van der Waals surface area contributed by atoms with E-state index >= 15 is 0 Å². The number of allylic oxidation sites excluding steroid dienone is 3. The number of para-hydroxylation sites is 1. The molecule has 0 saturated carbocycles. The summed E-state index contributed by atoms with van der Waals surface area (Å²) in [4.78, 5) is 0. The molecule has 0 unspecified atom stereocenters. The van der Waals surface area contributed by atoms with Crippen molar-refractivity contribution in [3.63, 3.8) is 0 Å². The molecule has 1 nitrogen and oxygen atoms in total. The smallest absolute Gasteiger partial charge is 0.0540 e. The lowest BCUT2D eigenvalue weighted by Gasteiger charge is -2.04. The zero-order valence-corrected chi connectivity index (χ0v) is 10.7. The molecule has 0 radical (unpaired) electrons. The van der Waals surface area contributed by atoms with Crippen LogP contribution in [0.4, 0.5) is 0 Å². The zero-order valence-electron chi connectivity index (χ0n) is 10.7. The molecule has 18 heavy (non-hydrogen) atoms. The van der Waals surface area contributed by atoms with Crippen molar-refractivity contribution in [1.29, 1.82) is 0 Å². The van der Waals surface area contributed by atoms with Gasteiger partial charge in [0.2, 0.25) is 0 Å². The Balaban J connectivity index is 3.03. The third-order valence-electron chi connectivity index (χ3n) is 2.93. The van der Waals surface area contributed by atoms with E-state index in [-0.39, 0.29) is 0 Å². The van der Waals surface area contributed by atoms with E-state index in [1.54, 1.807) is 6.08 Å². The monoisotopic (exact) mass is 235 g/mol. The number of hydrogen-bond donors (Lipinski definition) is 0. The van der Waals surface area contributed by atoms with Gasteiger partial charge in [0.15, 0.2) is 0 Å². The van der Waals surface area contributed by atoms with Crippen LogP contribution >= 0.6 is 0 Å². The van der Waals surface area contributed by atoms with Gasteiger partial charge in [-0.05, 0) is 25.1 Å². The molecule has 0 spiro atoms. The average molecular weight is 235 g/mol. The highest BCUT2D eigenvalue weighted by atomic mass is 15.0. The van der Waals surface area contributed by atoms with Gasteiger partial charge in [0.05, 0.1) is 5.52 Å². The Morgan fingerprint density at radius 2 is 1.89 bits per heavy atom. The summed E-state index contributed by atoms with van der Waals surface area (Å²) in [7, 11) is 0. The van der Waals surface area contributed by atoms with Crippen LogP contribution in [0.3, 0.4) is 0 Å². The predicted octanol–water partition coefficient (Wildman–Crippen LogP) is 3.06. The molecule has 1 heteroatoms. The quantitative estimate of drug-likeness (QED) is 0.721. The molecule has 90 valence electrons. The van der Waals surface area contributed by atoms with Crippen LogP contribution in [0, 0.1) is 0 Å². The average Bonchev–Trinajstić information content (AvgIpc) is 2.62. The van der Waals surface area contributed by atoms with Gasteiger partial charge in [-0.2, -0.15) is 0 Å². The minimum atomic E-state index is 0.831. The molecular formula is C17H17N. The van der Waals surface area contributed by atoms with E-state index in [2.05, 4.69) is 44.5 Å². The van der Waals surface area contributed by atoms with Gasteiger partial charge < -0.3 is 4.57 Å². The van der Waals surface area contributed by atoms with Gasteiger partial charge in [-0.1, -0.05) is 50.1 Å². The molecule has 2 rings (SSSR count). The maximum atomic E-state index is 4.16. The SMILES string of the molecule is C=CC(=C)n1c(=C)/c(=C\C(=C)C)c2ccccc21. The zero-order chi connectivity index (χ0) is 13.3. The van der Waals surface area contributed by atoms with Crippen LogP contribution in [0.15, 0.2) is 55.7 Å². The van der Waals surface area contributed by atoms with E-state index in [1.165, 1.54) is 0 Å². The summed E-state index contributed by atoms with van der Waals surface area (Å²) in [5, 5.41) is 3.18. The number of hydrogen-bond acceptors (Lipinski definition) is 0. The van der Waals surface area contributed by atoms with Crippen molar-refractivity contribution in [2.45, 2.75) is 6.92 Å². The first-order valence-corrected chi connectivity index (χ1v) is 5.83. The molecule has 0 amide bonds.